The molecule has 0 bridgehead atoms. The Bertz CT molecular complexity index is 1180. The van der Waals surface area contributed by atoms with E-state index in [1.165, 1.54) is 0 Å². The third-order valence-corrected chi connectivity index (χ3v) is 5.38. The lowest BCUT2D eigenvalue weighted by molar-refractivity contribution is -0.142. The van der Waals surface area contributed by atoms with Gasteiger partial charge in [0.2, 0.25) is 12.1 Å². The van der Waals surface area contributed by atoms with Gasteiger partial charge in [-0.15, -0.1) is 0 Å². The Morgan fingerprint density at radius 2 is 1.55 bits per heavy atom. The fourth-order valence-corrected chi connectivity index (χ4v) is 4.10. The van der Waals surface area contributed by atoms with Gasteiger partial charge in [0.25, 0.3) is 0 Å². The van der Waals surface area contributed by atoms with Crippen molar-refractivity contribution in [3.05, 3.63) is 108 Å². The van der Waals surface area contributed by atoms with E-state index < -0.39 is 6.23 Å². The summed E-state index contributed by atoms with van der Waals surface area (Å²) in [7, 11) is 0. The molecule has 0 saturated carbocycles. The number of carbonyl (C=O) groups excluding carboxylic acids is 1. The first-order chi connectivity index (χ1) is 14.2. The van der Waals surface area contributed by atoms with Crippen molar-refractivity contribution >= 4 is 16.8 Å². The number of benzene rings is 3. The second-order valence-corrected chi connectivity index (χ2v) is 7.18. The first-order valence-electron chi connectivity index (χ1n) is 9.67. The molecule has 0 spiro atoms. The molecule has 0 radical (unpaired) electrons. The fourth-order valence-electron chi connectivity index (χ4n) is 4.10. The Labute approximate surface area is 169 Å². The van der Waals surface area contributed by atoms with E-state index in [4.69, 9.17) is 4.74 Å². The molecule has 1 amide bonds. The molecule has 5 rings (SSSR count). The van der Waals surface area contributed by atoms with E-state index in [-0.39, 0.29) is 11.9 Å². The van der Waals surface area contributed by atoms with Crippen molar-refractivity contribution in [2.75, 3.05) is 0 Å². The quantitative estimate of drug-likeness (QED) is 0.476. The predicted molar refractivity (Wildman–Crippen MR) is 112 cm³/mol. The maximum absolute atomic E-state index is 12.9. The topological polar surface area (TPSA) is 42.4 Å². The van der Waals surface area contributed by atoms with Crippen LogP contribution in [0.3, 0.4) is 0 Å². The molecule has 4 aromatic rings. The number of amides is 1. The monoisotopic (exact) mass is 380 g/mol. The zero-order valence-electron chi connectivity index (χ0n) is 16.0. The zero-order valence-corrected chi connectivity index (χ0v) is 16.0. The number of carbonyl (C=O) groups is 1. The van der Waals surface area contributed by atoms with Gasteiger partial charge in [0.1, 0.15) is 5.52 Å². The summed E-state index contributed by atoms with van der Waals surface area (Å²) in [5.74, 6) is 0.697. The largest absolute Gasteiger partial charge is 0.463 e. The van der Waals surface area contributed by atoms with Crippen molar-refractivity contribution in [1.29, 1.82) is 0 Å². The molecule has 0 fully saturated rings. The van der Waals surface area contributed by atoms with E-state index in [0.717, 1.165) is 33.3 Å². The first-order valence-corrected chi connectivity index (χ1v) is 9.67. The van der Waals surface area contributed by atoms with E-state index in [1.54, 1.807) is 13.1 Å². The molecule has 4 heteroatoms. The van der Waals surface area contributed by atoms with E-state index in [9.17, 15) is 4.79 Å². The molecule has 4 nitrogen and oxygen atoms in total. The van der Waals surface area contributed by atoms with Crippen molar-refractivity contribution in [2.24, 2.45) is 0 Å². The van der Waals surface area contributed by atoms with E-state index in [0.29, 0.717) is 0 Å². The van der Waals surface area contributed by atoms with Crippen LogP contribution in [-0.2, 0) is 4.79 Å². The Hall–Kier alpha value is -3.66. The zero-order chi connectivity index (χ0) is 19.8. The molecule has 1 aliphatic rings. The standard InChI is InChI=1S/C25H20N2O2/c1-17(28)27-23(19-9-4-2-5-10-19)21-15-14-18-13-8-16-26-22(18)24(21)29-25(27)20-11-6-3-7-12-20/h2-16,23,25H,1H3/t23-,25+/m1/s1. The van der Waals surface area contributed by atoms with Crippen LogP contribution in [-0.4, -0.2) is 15.8 Å². The summed E-state index contributed by atoms with van der Waals surface area (Å²) in [6, 6.07) is 27.8. The van der Waals surface area contributed by atoms with Crippen molar-refractivity contribution in [3.63, 3.8) is 0 Å². The predicted octanol–water partition coefficient (Wildman–Crippen LogP) is 5.26. The van der Waals surface area contributed by atoms with Gasteiger partial charge in [-0.2, -0.15) is 0 Å². The average Bonchev–Trinajstić information content (AvgIpc) is 2.78. The molecular formula is C25H20N2O2. The minimum Gasteiger partial charge on any atom is -0.463 e. The Morgan fingerprint density at radius 1 is 0.862 bits per heavy atom. The van der Waals surface area contributed by atoms with Crippen LogP contribution >= 0.6 is 0 Å². The van der Waals surface area contributed by atoms with E-state index >= 15 is 0 Å². The summed E-state index contributed by atoms with van der Waals surface area (Å²) < 4.78 is 6.50. The smallest absolute Gasteiger partial charge is 0.223 e. The summed E-state index contributed by atoms with van der Waals surface area (Å²) in [5.41, 5.74) is 3.74. The van der Waals surface area contributed by atoms with E-state index in [2.05, 4.69) is 17.1 Å². The summed E-state index contributed by atoms with van der Waals surface area (Å²) in [4.78, 5) is 19.3. The Kier molecular flexibility index (Phi) is 4.24. The molecule has 142 valence electrons. The number of nitrogens with zero attached hydrogens (tertiary/aromatic N) is 2. The molecule has 1 aromatic heterocycles. The number of hydrogen-bond donors (Lipinski definition) is 0. The minimum atomic E-state index is -0.529. The maximum atomic E-state index is 12.9. The third-order valence-electron chi connectivity index (χ3n) is 5.38. The van der Waals surface area contributed by atoms with E-state index in [1.807, 2.05) is 77.7 Å². The van der Waals surface area contributed by atoms with Crippen LogP contribution in [0.5, 0.6) is 5.75 Å². The molecular weight excluding hydrogens is 360 g/mol. The maximum Gasteiger partial charge on any atom is 0.223 e. The summed E-state index contributed by atoms with van der Waals surface area (Å²) in [5, 5.41) is 1.01. The molecule has 0 saturated heterocycles. The van der Waals surface area contributed by atoms with Crippen molar-refractivity contribution in [3.8, 4) is 5.75 Å². The number of ether oxygens (including phenoxy) is 1. The van der Waals surface area contributed by atoms with Gasteiger partial charge >= 0.3 is 0 Å². The first kappa shape index (κ1) is 17.4. The fraction of sp³-hybridized carbons (Fsp3) is 0.120. The van der Waals surface area contributed by atoms with Crippen molar-refractivity contribution in [1.82, 2.24) is 9.88 Å². The normalized spacial score (nSPS) is 18.2. The molecule has 2 heterocycles. The van der Waals surface area contributed by atoms with Gasteiger partial charge in [0.15, 0.2) is 5.75 Å². The lowest BCUT2D eigenvalue weighted by atomic mass is 9.92. The second kappa shape index (κ2) is 7.06. The number of fused-ring (bicyclic) bond motifs is 3. The summed E-state index contributed by atoms with van der Waals surface area (Å²) in [6.07, 6.45) is 1.25. The Morgan fingerprint density at radius 3 is 2.24 bits per heavy atom. The van der Waals surface area contributed by atoms with Crippen molar-refractivity contribution < 1.29 is 9.53 Å². The highest BCUT2D eigenvalue weighted by atomic mass is 16.5. The molecule has 0 N–H and O–H groups in total. The number of rotatable bonds is 2. The third kappa shape index (κ3) is 2.93. The van der Waals surface area contributed by atoms with Crippen LogP contribution in [0.1, 0.15) is 35.9 Å². The summed E-state index contributed by atoms with van der Waals surface area (Å²) >= 11 is 0. The highest BCUT2D eigenvalue weighted by Gasteiger charge is 2.40. The number of pyridine rings is 1. The molecule has 1 aliphatic heterocycles. The van der Waals surface area contributed by atoms with Gasteiger partial charge in [-0.3, -0.25) is 14.7 Å². The van der Waals surface area contributed by atoms with Gasteiger partial charge in [0.05, 0.1) is 6.04 Å². The lowest BCUT2D eigenvalue weighted by Gasteiger charge is -2.43. The van der Waals surface area contributed by atoms with Gasteiger partial charge in [-0.1, -0.05) is 78.9 Å². The molecule has 0 unspecified atom stereocenters. The van der Waals surface area contributed by atoms with Crippen LogP contribution in [0.4, 0.5) is 0 Å². The van der Waals surface area contributed by atoms with Gasteiger partial charge in [0, 0.05) is 29.6 Å². The van der Waals surface area contributed by atoms with Gasteiger partial charge in [-0.25, -0.2) is 0 Å². The van der Waals surface area contributed by atoms with Crippen LogP contribution in [0, 0.1) is 0 Å². The minimum absolute atomic E-state index is 0.0422. The van der Waals surface area contributed by atoms with Crippen LogP contribution in [0.2, 0.25) is 0 Å². The average molecular weight is 380 g/mol. The lowest BCUT2D eigenvalue weighted by Crippen LogP contribution is -2.43. The van der Waals surface area contributed by atoms with Crippen LogP contribution in [0.25, 0.3) is 10.9 Å². The molecule has 0 aliphatic carbocycles. The number of aromatic nitrogens is 1. The van der Waals surface area contributed by atoms with Gasteiger partial charge in [-0.05, 0) is 11.6 Å². The Balaban J connectivity index is 1.79. The van der Waals surface area contributed by atoms with Gasteiger partial charge < -0.3 is 4.74 Å². The number of hydrogen-bond acceptors (Lipinski definition) is 3. The highest BCUT2D eigenvalue weighted by Crippen LogP contribution is 2.47. The van der Waals surface area contributed by atoms with Crippen LogP contribution in [0.15, 0.2) is 91.1 Å². The summed E-state index contributed by atoms with van der Waals surface area (Å²) in [6.45, 7) is 1.60. The van der Waals surface area contributed by atoms with Crippen LogP contribution < -0.4 is 4.74 Å². The molecule has 3 aromatic carbocycles. The van der Waals surface area contributed by atoms with Crippen molar-refractivity contribution in [2.45, 2.75) is 19.2 Å². The SMILES string of the molecule is CC(=O)N1[C@H](c2ccccc2)c2ccc3cccnc3c2O[C@H]1c1ccccc1. The second-order valence-electron chi connectivity index (χ2n) is 7.18. The molecule has 2 atom stereocenters. The molecule has 29 heavy (non-hydrogen) atoms. The highest BCUT2D eigenvalue weighted by molar-refractivity contribution is 5.87.